The molecule has 0 radical (unpaired) electrons. The van der Waals surface area contributed by atoms with Crippen LogP contribution in [0.25, 0.3) is 11.5 Å². The van der Waals surface area contributed by atoms with Crippen molar-refractivity contribution in [3.63, 3.8) is 0 Å². The minimum absolute atomic E-state index is 0.0843. The summed E-state index contributed by atoms with van der Waals surface area (Å²) in [5.74, 6) is 1.85. The fourth-order valence-corrected chi connectivity index (χ4v) is 2.63. The number of benzene rings is 1. The molecular formula is C15H17N3O5S. The van der Waals surface area contributed by atoms with Crippen LogP contribution < -0.4 is 14.8 Å². The molecule has 8 nitrogen and oxygen atoms in total. The van der Waals surface area contributed by atoms with Crippen LogP contribution in [0, 0.1) is 0 Å². The SMILES string of the molecule is COCCCNC(=O)CSc1nnc(-c2ccc3c(c2)OCO3)o1. The number of fused-ring (bicyclic) bond motifs is 1. The van der Waals surface area contributed by atoms with Gasteiger partial charge in [0.05, 0.1) is 5.75 Å². The Morgan fingerprint density at radius 1 is 1.33 bits per heavy atom. The molecule has 0 unspecified atom stereocenters. The van der Waals surface area contributed by atoms with Gasteiger partial charge in [-0.15, -0.1) is 10.2 Å². The quantitative estimate of drug-likeness (QED) is 0.567. The topological polar surface area (TPSA) is 95.7 Å². The van der Waals surface area contributed by atoms with Gasteiger partial charge in [0, 0.05) is 25.8 Å². The van der Waals surface area contributed by atoms with Crippen LogP contribution in [0.15, 0.2) is 27.8 Å². The molecule has 0 bridgehead atoms. The van der Waals surface area contributed by atoms with Gasteiger partial charge in [0.25, 0.3) is 5.22 Å². The van der Waals surface area contributed by atoms with E-state index in [-0.39, 0.29) is 18.5 Å². The van der Waals surface area contributed by atoms with Gasteiger partial charge in [0.2, 0.25) is 18.6 Å². The number of hydrogen-bond acceptors (Lipinski definition) is 8. The standard InChI is InChI=1S/C15H17N3O5S/c1-20-6-2-5-16-13(19)8-24-15-18-17-14(23-15)10-3-4-11-12(7-10)22-9-21-11/h3-4,7H,2,5-6,8-9H2,1H3,(H,16,19). The normalized spacial score (nSPS) is 12.4. The molecule has 0 aliphatic carbocycles. The summed E-state index contributed by atoms with van der Waals surface area (Å²) >= 11 is 1.19. The van der Waals surface area contributed by atoms with Crippen LogP contribution in [0.2, 0.25) is 0 Å². The number of rotatable bonds is 8. The smallest absolute Gasteiger partial charge is 0.277 e. The van der Waals surface area contributed by atoms with Gasteiger partial charge in [-0.05, 0) is 24.6 Å². The summed E-state index contributed by atoms with van der Waals surface area (Å²) in [7, 11) is 1.63. The fraction of sp³-hybridized carbons (Fsp3) is 0.400. The van der Waals surface area contributed by atoms with Crippen molar-refractivity contribution in [2.75, 3.05) is 32.8 Å². The van der Waals surface area contributed by atoms with Crippen molar-refractivity contribution in [3.8, 4) is 23.0 Å². The number of aromatic nitrogens is 2. The van der Waals surface area contributed by atoms with Gasteiger partial charge >= 0.3 is 0 Å². The molecule has 1 aromatic heterocycles. The average Bonchev–Trinajstić information content (AvgIpc) is 3.25. The van der Waals surface area contributed by atoms with Crippen molar-refractivity contribution in [3.05, 3.63) is 18.2 Å². The molecule has 1 amide bonds. The van der Waals surface area contributed by atoms with Crippen LogP contribution in [0.5, 0.6) is 11.5 Å². The second-order valence-corrected chi connectivity index (χ2v) is 5.85. The number of methoxy groups -OCH3 is 1. The predicted molar refractivity (Wildman–Crippen MR) is 86.1 cm³/mol. The molecule has 1 aliphatic heterocycles. The van der Waals surface area contributed by atoms with E-state index >= 15 is 0 Å². The molecule has 24 heavy (non-hydrogen) atoms. The lowest BCUT2D eigenvalue weighted by Gasteiger charge is -2.02. The maximum absolute atomic E-state index is 11.7. The first-order valence-corrected chi connectivity index (χ1v) is 8.37. The highest BCUT2D eigenvalue weighted by molar-refractivity contribution is 7.99. The van der Waals surface area contributed by atoms with Crippen LogP contribution in [-0.4, -0.2) is 48.9 Å². The third kappa shape index (κ3) is 4.18. The molecule has 9 heteroatoms. The van der Waals surface area contributed by atoms with Crippen molar-refractivity contribution >= 4 is 17.7 Å². The highest BCUT2D eigenvalue weighted by atomic mass is 32.2. The molecule has 1 aromatic carbocycles. The Balaban J connectivity index is 1.51. The van der Waals surface area contributed by atoms with Gasteiger partial charge in [-0.3, -0.25) is 4.79 Å². The lowest BCUT2D eigenvalue weighted by molar-refractivity contribution is -0.118. The Morgan fingerprint density at radius 2 is 2.21 bits per heavy atom. The molecule has 0 spiro atoms. The van der Waals surface area contributed by atoms with Gasteiger partial charge in [0.15, 0.2) is 11.5 Å². The Morgan fingerprint density at radius 3 is 3.08 bits per heavy atom. The number of amides is 1. The van der Waals surface area contributed by atoms with Crippen LogP contribution in [0.3, 0.4) is 0 Å². The number of ether oxygens (including phenoxy) is 3. The predicted octanol–water partition coefficient (Wildman–Crippen LogP) is 1.71. The third-order valence-corrected chi connectivity index (χ3v) is 4.02. The first-order chi connectivity index (χ1) is 11.8. The summed E-state index contributed by atoms with van der Waals surface area (Å²) in [5, 5.41) is 11.1. The molecule has 2 heterocycles. The number of thioether (sulfide) groups is 1. The molecule has 0 saturated heterocycles. The van der Waals surface area contributed by atoms with Crippen LogP contribution >= 0.6 is 11.8 Å². The Labute approximate surface area is 142 Å². The van der Waals surface area contributed by atoms with E-state index in [9.17, 15) is 4.79 Å². The Kier molecular flexibility index (Phi) is 5.55. The zero-order valence-corrected chi connectivity index (χ0v) is 13.9. The lowest BCUT2D eigenvalue weighted by Crippen LogP contribution is -2.26. The highest BCUT2D eigenvalue weighted by Gasteiger charge is 2.17. The molecule has 0 fully saturated rings. The monoisotopic (exact) mass is 351 g/mol. The third-order valence-electron chi connectivity index (χ3n) is 3.20. The van der Waals surface area contributed by atoms with Crippen molar-refractivity contribution in [2.45, 2.75) is 11.6 Å². The van der Waals surface area contributed by atoms with Gasteiger partial charge < -0.3 is 23.9 Å². The second-order valence-electron chi connectivity index (χ2n) is 4.93. The van der Waals surface area contributed by atoms with E-state index in [2.05, 4.69) is 15.5 Å². The fourth-order valence-electron chi connectivity index (χ4n) is 2.04. The van der Waals surface area contributed by atoms with E-state index in [0.717, 1.165) is 12.0 Å². The molecular weight excluding hydrogens is 334 g/mol. The minimum Gasteiger partial charge on any atom is -0.454 e. The minimum atomic E-state index is -0.0843. The summed E-state index contributed by atoms with van der Waals surface area (Å²) in [6.45, 7) is 1.42. The van der Waals surface area contributed by atoms with Gasteiger partial charge in [-0.2, -0.15) is 0 Å². The van der Waals surface area contributed by atoms with Crippen molar-refractivity contribution in [2.24, 2.45) is 0 Å². The molecule has 3 rings (SSSR count). The van der Waals surface area contributed by atoms with E-state index in [1.54, 1.807) is 19.2 Å². The largest absolute Gasteiger partial charge is 0.454 e. The summed E-state index contributed by atoms with van der Waals surface area (Å²) in [4.78, 5) is 11.7. The molecule has 0 saturated carbocycles. The lowest BCUT2D eigenvalue weighted by atomic mass is 10.2. The van der Waals surface area contributed by atoms with Crippen LogP contribution in [-0.2, 0) is 9.53 Å². The highest BCUT2D eigenvalue weighted by Crippen LogP contribution is 2.35. The number of hydrogen-bond donors (Lipinski definition) is 1. The maximum atomic E-state index is 11.7. The summed E-state index contributed by atoms with van der Waals surface area (Å²) in [6.07, 6.45) is 0.779. The maximum Gasteiger partial charge on any atom is 0.277 e. The second kappa shape index (κ2) is 8.02. The van der Waals surface area contributed by atoms with Gasteiger partial charge in [-0.25, -0.2) is 0 Å². The summed E-state index contributed by atoms with van der Waals surface area (Å²) < 4.78 is 21.1. The van der Waals surface area contributed by atoms with Crippen molar-refractivity contribution < 1.29 is 23.4 Å². The number of carbonyl (C=O) groups is 1. The first kappa shape index (κ1) is 16.6. The van der Waals surface area contributed by atoms with Crippen LogP contribution in [0.1, 0.15) is 6.42 Å². The number of carbonyl (C=O) groups excluding carboxylic acids is 1. The summed E-state index contributed by atoms with van der Waals surface area (Å²) in [5.41, 5.74) is 0.739. The molecule has 0 atom stereocenters. The van der Waals surface area contributed by atoms with Gasteiger partial charge in [-0.1, -0.05) is 11.8 Å². The van der Waals surface area contributed by atoms with E-state index < -0.39 is 0 Å². The average molecular weight is 351 g/mol. The first-order valence-electron chi connectivity index (χ1n) is 7.38. The van der Waals surface area contributed by atoms with Crippen LogP contribution in [0.4, 0.5) is 0 Å². The van der Waals surface area contributed by atoms with Crippen molar-refractivity contribution in [1.29, 1.82) is 0 Å². The van der Waals surface area contributed by atoms with Crippen molar-refractivity contribution in [1.82, 2.24) is 15.5 Å². The molecule has 128 valence electrons. The van der Waals surface area contributed by atoms with E-state index in [0.29, 0.717) is 35.8 Å². The molecule has 1 aliphatic rings. The zero-order chi connectivity index (χ0) is 16.8. The van der Waals surface area contributed by atoms with E-state index in [1.807, 2.05) is 6.07 Å². The molecule has 2 aromatic rings. The molecule has 1 N–H and O–H groups in total. The van der Waals surface area contributed by atoms with Gasteiger partial charge in [0.1, 0.15) is 0 Å². The Bertz CT molecular complexity index is 706. The number of nitrogens with zero attached hydrogens (tertiary/aromatic N) is 2. The van der Waals surface area contributed by atoms with E-state index in [4.69, 9.17) is 18.6 Å². The zero-order valence-electron chi connectivity index (χ0n) is 13.1. The Hall–Kier alpha value is -2.26. The summed E-state index contributed by atoms with van der Waals surface area (Å²) in [6, 6.07) is 5.40. The number of nitrogens with one attached hydrogen (secondary N) is 1. The van der Waals surface area contributed by atoms with E-state index in [1.165, 1.54) is 11.8 Å².